The molecule has 7 atom stereocenters. The molecule has 242 valence electrons. The SMILES string of the molecule is C[C@@H]1[C@@H](C)C[C@H]([C@@H](C)C(=O)O)/C=C/[C@@H]2CC[C@H]2CN2C[C@@]3(CCCc4cc(Cl)ccc43)COc3ccc(cc32)C(=O)NS1(=O)=O. The molecule has 2 aromatic rings. The molecule has 1 spiro atoms. The zero-order valence-electron chi connectivity index (χ0n) is 26.2. The average molecular weight is 655 g/mol. The fraction of sp³-hybridized carbons (Fsp3) is 0.543. The number of nitrogens with zero attached hydrogens (tertiary/aromatic N) is 1. The number of rotatable bonds is 2. The van der Waals surface area contributed by atoms with E-state index in [0.717, 1.165) is 49.4 Å². The maximum absolute atomic E-state index is 13.5. The number of allylic oxidation sites excluding steroid dienone is 2. The Kier molecular flexibility index (Phi) is 8.72. The van der Waals surface area contributed by atoms with E-state index < -0.39 is 33.1 Å². The van der Waals surface area contributed by atoms with Gasteiger partial charge in [-0.3, -0.25) is 9.59 Å². The van der Waals surface area contributed by atoms with Crippen molar-refractivity contribution < 1.29 is 27.9 Å². The van der Waals surface area contributed by atoms with Gasteiger partial charge in [-0.2, -0.15) is 0 Å². The molecule has 2 aliphatic heterocycles. The zero-order valence-corrected chi connectivity index (χ0v) is 27.7. The number of anilines is 1. The standard InChI is InChI=1S/C35H43ClN2O6S/c1-21-15-25(22(2)34(40)41)8-6-24-7-9-28(24)18-38-19-35(14-4-5-26-16-29(36)11-12-30(26)35)20-44-32-13-10-27(17-31(32)38)33(39)37-45(42,43)23(21)3/h6,8,10-13,16-17,21-25,28H,4-5,7,9,14-15,18-20H2,1-3H3,(H,37,39)(H,40,41)/b8-6+/t21-,22+,23+,24+,25+,28-,35-/m0/s1. The summed E-state index contributed by atoms with van der Waals surface area (Å²) >= 11 is 6.40. The Morgan fingerprint density at radius 3 is 2.69 bits per heavy atom. The number of nitrogens with one attached hydrogen (secondary N) is 1. The number of hydrogen-bond donors (Lipinski definition) is 2. The second-order valence-electron chi connectivity index (χ2n) is 13.9. The highest BCUT2D eigenvalue weighted by Crippen LogP contribution is 2.46. The second kappa shape index (κ2) is 12.3. The first-order valence-electron chi connectivity index (χ1n) is 16.1. The van der Waals surface area contributed by atoms with Crippen molar-refractivity contribution in [1.29, 1.82) is 0 Å². The van der Waals surface area contributed by atoms with Crippen molar-refractivity contribution in [3.05, 3.63) is 70.3 Å². The van der Waals surface area contributed by atoms with Crippen LogP contribution in [-0.4, -0.2) is 50.3 Å². The van der Waals surface area contributed by atoms with E-state index >= 15 is 0 Å². The highest BCUT2D eigenvalue weighted by molar-refractivity contribution is 7.90. The predicted octanol–water partition coefficient (Wildman–Crippen LogP) is 6.22. The van der Waals surface area contributed by atoms with E-state index in [1.807, 2.05) is 19.1 Å². The average Bonchev–Trinajstić information content (AvgIpc) is 3.14. The number of carbonyl (C=O) groups excluding carboxylic acids is 1. The van der Waals surface area contributed by atoms with Crippen molar-refractivity contribution in [3.8, 4) is 5.75 Å². The van der Waals surface area contributed by atoms with Crippen molar-refractivity contribution >= 4 is 39.2 Å². The fourth-order valence-electron chi connectivity index (χ4n) is 7.74. The fourth-order valence-corrected chi connectivity index (χ4v) is 9.22. The maximum atomic E-state index is 13.5. The molecule has 2 aromatic carbocycles. The molecule has 0 aromatic heterocycles. The summed E-state index contributed by atoms with van der Waals surface area (Å²) in [5.74, 6) is -1.66. The molecule has 0 unspecified atom stereocenters. The lowest BCUT2D eigenvalue weighted by atomic mass is 9.69. The lowest BCUT2D eigenvalue weighted by molar-refractivity contribution is -0.142. The molecule has 2 bridgehead atoms. The number of carboxylic acid groups (broad SMARTS) is 1. The third-order valence-electron chi connectivity index (χ3n) is 11.0. The Bertz CT molecular complexity index is 1630. The van der Waals surface area contributed by atoms with Crippen LogP contribution in [0.3, 0.4) is 0 Å². The van der Waals surface area contributed by atoms with Gasteiger partial charge in [-0.25, -0.2) is 13.1 Å². The van der Waals surface area contributed by atoms with Crippen LogP contribution in [0.5, 0.6) is 5.75 Å². The molecule has 1 fully saturated rings. The minimum Gasteiger partial charge on any atom is -0.490 e. The lowest BCUT2D eigenvalue weighted by Gasteiger charge is -2.44. The monoisotopic (exact) mass is 654 g/mol. The number of aliphatic carboxylic acids is 1. The molecule has 0 saturated heterocycles. The Balaban J connectivity index is 1.42. The van der Waals surface area contributed by atoms with Crippen LogP contribution in [0, 0.1) is 29.6 Å². The Hall–Kier alpha value is -3.04. The highest BCUT2D eigenvalue weighted by Gasteiger charge is 2.43. The van der Waals surface area contributed by atoms with Crippen molar-refractivity contribution in [2.45, 2.75) is 70.0 Å². The van der Waals surface area contributed by atoms with E-state index in [1.54, 1.807) is 32.0 Å². The topological polar surface area (TPSA) is 113 Å². The summed E-state index contributed by atoms with van der Waals surface area (Å²) in [7, 11) is -4.04. The van der Waals surface area contributed by atoms with Crippen LogP contribution in [0.25, 0.3) is 0 Å². The van der Waals surface area contributed by atoms with E-state index in [1.165, 1.54) is 11.1 Å². The minimum absolute atomic E-state index is 0.257. The van der Waals surface area contributed by atoms with E-state index in [2.05, 4.69) is 27.8 Å². The number of sulfonamides is 1. The van der Waals surface area contributed by atoms with Crippen molar-refractivity contribution in [2.75, 3.05) is 24.6 Å². The largest absolute Gasteiger partial charge is 0.490 e. The number of halogens is 1. The molecule has 2 heterocycles. The van der Waals surface area contributed by atoms with Gasteiger partial charge in [0, 0.05) is 29.1 Å². The van der Waals surface area contributed by atoms with Gasteiger partial charge >= 0.3 is 5.97 Å². The summed E-state index contributed by atoms with van der Waals surface area (Å²) in [4.78, 5) is 27.9. The van der Waals surface area contributed by atoms with Gasteiger partial charge in [0.2, 0.25) is 10.0 Å². The van der Waals surface area contributed by atoms with E-state index in [-0.39, 0.29) is 28.7 Å². The van der Waals surface area contributed by atoms with Crippen LogP contribution in [0.15, 0.2) is 48.6 Å². The number of fused-ring (bicyclic) bond motifs is 4. The van der Waals surface area contributed by atoms with E-state index in [0.29, 0.717) is 31.2 Å². The van der Waals surface area contributed by atoms with E-state index in [4.69, 9.17) is 16.3 Å². The van der Waals surface area contributed by atoms with Gasteiger partial charge in [-0.15, -0.1) is 0 Å². The number of amides is 1. The Morgan fingerprint density at radius 2 is 1.96 bits per heavy atom. The molecule has 6 rings (SSSR count). The lowest BCUT2D eigenvalue weighted by Crippen LogP contribution is -2.48. The zero-order chi connectivity index (χ0) is 32.1. The summed E-state index contributed by atoms with van der Waals surface area (Å²) < 4.78 is 35.7. The number of benzene rings is 2. The first-order chi connectivity index (χ1) is 21.4. The molecule has 45 heavy (non-hydrogen) atoms. The first-order valence-corrected chi connectivity index (χ1v) is 18.1. The number of aryl methyl sites for hydroxylation is 1. The number of ether oxygens (including phenoxy) is 1. The van der Waals surface area contributed by atoms with Gasteiger partial charge in [-0.05, 0) is 111 Å². The molecule has 10 heteroatoms. The van der Waals surface area contributed by atoms with Crippen LogP contribution in [0.2, 0.25) is 5.02 Å². The van der Waals surface area contributed by atoms with Gasteiger partial charge in [0.25, 0.3) is 5.91 Å². The normalized spacial score (nSPS) is 32.5. The summed E-state index contributed by atoms with van der Waals surface area (Å²) in [5, 5.41) is 9.69. The Labute approximate surface area is 271 Å². The second-order valence-corrected chi connectivity index (χ2v) is 16.3. The van der Waals surface area contributed by atoms with Gasteiger partial charge in [0.1, 0.15) is 5.75 Å². The summed E-state index contributed by atoms with van der Waals surface area (Å²) in [5.41, 5.74) is 3.27. The summed E-state index contributed by atoms with van der Waals surface area (Å²) in [6, 6.07) is 11.4. The summed E-state index contributed by atoms with van der Waals surface area (Å²) in [6.45, 7) is 7.00. The quantitative estimate of drug-likeness (QED) is 0.370. The number of carboxylic acids is 1. The van der Waals surface area contributed by atoms with Gasteiger partial charge in [0.05, 0.1) is 23.5 Å². The van der Waals surface area contributed by atoms with Crippen molar-refractivity contribution in [1.82, 2.24) is 4.72 Å². The van der Waals surface area contributed by atoms with Crippen LogP contribution in [0.1, 0.15) is 74.4 Å². The van der Waals surface area contributed by atoms with Crippen LogP contribution >= 0.6 is 11.6 Å². The molecule has 2 N–H and O–H groups in total. The maximum Gasteiger partial charge on any atom is 0.306 e. The first kappa shape index (κ1) is 31.9. The molecule has 4 aliphatic rings. The third-order valence-corrected chi connectivity index (χ3v) is 13.2. The van der Waals surface area contributed by atoms with Crippen LogP contribution in [-0.2, 0) is 26.7 Å². The molecular weight excluding hydrogens is 612 g/mol. The highest BCUT2D eigenvalue weighted by atomic mass is 35.5. The van der Waals surface area contributed by atoms with E-state index in [9.17, 15) is 23.1 Å². The minimum atomic E-state index is -4.04. The third kappa shape index (κ3) is 6.22. The number of carbonyl (C=O) groups is 2. The van der Waals surface area contributed by atoms with Gasteiger partial charge in [0.15, 0.2) is 0 Å². The van der Waals surface area contributed by atoms with Gasteiger partial charge in [-0.1, -0.05) is 43.7 Å². The summed E-state index contributed by atoms with van der Waals surface area (Å²) in [6.07, 6.45) is 9.57. The van der Waals surface area contributed by atoms with Crippen LogP contribution in [0.4, 0.5) is 5.69 Å². The molecular formula is C35H43ClN2O6S. The smallest absolute Gasteiger partial charge is 0.306 e. The molecule has 2 aliphatic carbocycles. The van der Waals surface area contributed by atoms with Crippen LogP contribution < -0.4 is 14.4 Å². The predicted molar refractivity (Wildman–Crippen MR) is 175 cm³/mol. The number of hydrogen-bond acceptors (Lipinski definition) is 6. The van der Waals surface area contributed by atoms with Crippen molar-refractivity contribution in [2.24, 2.45) is 29.6 Å². The Morgan fingerprint density at radius 1 is 1.16 bits per heavy atom. The molecule has 0 radical (unpaired) electrons. The van der Waals surface area contributed by atoms with Gasteiger partial charge < -0.3 is 14.7 Å². The molecule has 1 amide bonds. The molecule has 1 saturated carbocycles. The molecule has 8 nitrogen and oxygen atoms in total. The van der Waals surface area contributed by atoms with Crippen molar-refractivity contribution in [3.63, 3.8) is 0 Å².